The minimum atomic E-state index is -3.55. The van der Waals surface area contributed by atoms with Gasteiger partial charge in [-0.15, -0.1) is 0 Å². The summed E-state index contributed by atoms with van der Waals surface area (Å²) < 4.78 is 32.3. The zero-order valence-electron chi connectivity index (χ0n) is 15.0. The van der Waals surface area contributed by atoms with Crippen LogP contribution in [0.15, 0.2) is 53.4 Å². The van der Waals surface area contributed by atoms with Crippen molar-refractivity contribution in [3.05, 3.63) is 59.7 Å². The first-order valence-corrected chi connectivity index (χ1v) is 10.2. The highest BCUT2D eigenvalue weighted by Gasteiger charge is 2.28. The number of sulfonamides is 1. The molecule has 2 aromatic carbocycles. The van der Waals surface area contributed by atoms with E-state index in [1.807, 2.05) is 13.0 Å². The Hall–Kier alpha value is -2.69. The van der Waals surface area contributed by atoms with Gasteiger partial charge in [-0.1, -0.05) is 6.92 Å². The van der Waals surface area contributed by atoms with Crippen molar-refractivity contribution in [3.63, 3.8) is 0 Å². The fourth-order valence-electron chi connectivity index (χ4n) is 3.04. The highest BCUT2D eigenvalue weighted by molar-refractivity contribution is 7.89. The van der Waals surface area contributed by atoms with Crippen molar-refractivity contribution in [2.24, 2.45) is 5.92 Å². The molecular weight excluding hydrogens is 364 g/mol. The Kier molecular flexibility index (Phi) is 5.59. The molecule has 0 spiro atoms. The zero-order chi connectivity index (χ0) is 19.4. The standard InChI is InChI=1S/C20H20N2O4S/c1-15-3-2-12-22(14-15)27(24,25)19-10-6-17(7-11-19)20(23)26-18-8-4-16(13-21)5-9-18/h4-11,15H,2-3,12,14H2,1H3/t15-/m0/s1. The van der Waals surface area contributed by atoms with Crippen LogP contribution in [0.3, 0.4) is 0 Å². The summed E-state index contributed by atoms with van der Waals surface area (Å²) in [5.41, 5.74) is 0.724. The summed E-state index contributed by atoms with van der Waals surface area (Å²) in [4.78, 5) is 12.4. The molecule has 0 radical (unpaired) electrons. The van der Waals surface area contributed by atoms with Crippen molar-refractivity contribution < 1.29 is 17.9 Å². The van der Waals surface area contributed by atoms with Gasteiger partial charge in [-0.05, 0) is 67.3 Å². The molecule has 1 heterocycles. The maximum Gasteiger partial charge on any atom is 0.343 e. The largest absolute Gasteiger partial charge is 0.423 e. The van der Waals surface area contributed by atoms with Gasteiger partial charge in [0.1, 0.15) is 5.75 Å². The van der Waals surface area contributed by atoms with Crippen molar-refractivity contribution in [2.45, 2.75) is 24.7 Å². The number of carbonyl (C=O) groups excluding carboxylic acids is 1. The minimum absolute atomic E-state index is 0.173. The molecular formula is C20H20N2O4S. The number of rotatable bonds is 4. The first-order chi connectivity index (χ1) is 12.9. The van der Waals surface area contributed by atoms with E-state index < -0.39 is 16.0 Å². The van der Waals surface area contributed by atoms with Crippen LogP contribution in [0.25, 0.3) is 0 Å². The molecule has 1 saturated heterocycles. The van der Waals surface area contributed by atoms with Crippen LogP contribution in [-0.4, -0.2) is 31.8 Å². The fraction of sp³-hybridized carbons (Fsp3) is 0.300. The van der Waals surface area contributed by atoms with Gasteiger partial charge in [-0.25, -0.2) is 13.2 Å². The Morgan fingerprint density at radius 3 is 2.41 bits per heavy atom. The lowest BCUT2D eigenvalue weighted by atomic mass is 10.0. The third kappa shape index (κ3) is 4.35. The van der Waals surface area contributed by atoms with Gasteiger partial charge in [0.2, 0.25) is 10.0 Å². The SMILES string of the molecule is C[C@H]1CCCN(S(=O)(=O)c2ccc(C(=O)Oc3ccc(C#N)cc3)cc2)C1. The molecule has 0 unspecified atom stereocenters. The number of hydrogen-bond donors (Lipinski definition) is 0. The molecule has 1 atom stereocenters. The number of benzene rings is 2. The first-order valence-electron chi connectivity index (χ1n) is 8.73. The van der Waals surface area contributed by atoms with Crippen LogP contribution >= 0.6 is 0 Å². The second-order valence-corrected chi connectivity index (χ2v) is 8.60. The highest BCUT2D eigenvalue weighted by atomic mass is 32.2. The van der Waals surface area contributed by atoms with Crippen molar-refractivity contribution in [1.29, 1.82) is 5.26 Å². The van der Waals surface area contributed by atoms with Gasteiger partial charge in [-0.3, -0.25) is 0 Å². The molecule has 27 heavy (non-hydrogen) atoms. The van der Waals surface area contributed by atoms with Gasteiger partial charge in [0.15, 0.2) is 0 Å². The van der Waals surface area contributed by atoms with Crippen molar-refractivity contribution in [1.82, 2.24) is 4.31 Å². The van der Waals surface area contributed by atoms with Crippen LogP contribution < -0.4 is 4.74 Å². The van der Waals surface area contributed by atoms with E-state index in [2.05, 4.69) is 0 Å². The maximum atomic E-state index is 12.7. The van der Waals surface area contributed by atoms with E-state index in [1.165, 1.54) is 40.7 Å². The van der Waals surface area contributed by atoms with Crippen LogP contribution in [0, 0.1) is 17.2 Å². The number of nitrogens with zero attached hydrogens (tertiary/aromatic N) is 2. The molecule has 0 N–H and O–H groups in total. The Bertz CT molecular complexity index is 961. The topological polar surface area (TPSA) is 87.5 Å². The molecule has 2 aromatic rings. The summed E-state index contributed by atoms with van der Waals surface area (Å²) in [5.74, 6) is 0.0726. The minimum Gasteiger partial charge on any atom is -0.423 e. The molecule has 0 saturated carbocycles. The Morgan fingerprint density at radius 2 is 1.81 bits per heavy atom. The number of piperidine rings is 1. The molecule has 3 rings (SSSR count). The summed E-state index contributed by atoms with van der Waals surface area (Å²) in [6.45, 7) is 3.09. The molecule has 0 aliphatic carbocycles. The lowest BCUT2D eigenvalue weighted by Crippen LogP contribution is -2.39. The lowest BCUT2D eigenvalue weighted by Gasteiger charge is -2.30. The smallest absolute Gasteiger partial charge is 0.343 e. The molecule has 140 valence electrons. The molecule has 6 nitrogen and oxygen atoms in total. The van der Waals surface area contributed by atoms with Gasteiger partial charge in [-0.2, -0.15) is 9.57 Å². The molecule has 1 aliphatic rings. The average molecular weight is 384 g/mol. The van der Waals surface area contributed by atoms with E-state index in [0.717, 1.165) is 12.8 Å². The summed E-state index contributed by atoms with van der Waals surface area (Å²) in [6, 6.07) is 13.9. The summed E-state index contributed by atoms with van der Waals surface area (Å²) in [5, 5.41) is 8.78. The van der Waals surface area contributed by atoms with E-state index in [9.17, 15) is 13.2 Å². The number of esters is 1. The van der Waals surface area contributed by atoms with Gasteiger partial charge >= 0.3 is 5.97 Å². The Morgan fingerprint density at radius 1 is 1.15 bits per heavy atom. The highest BCUT2D eigenvalue weighted by Crippen LogP contribution is 2.24. The third-order valence-electron chi connectivity index (χ3n) is 4.54. The lowest BCUT2D eigenvalue weighted by molar-refractivity contribution is 0.0734. The van der Waals surface area contributed by atoms with Crippen LogP contribution in [0.4, 0.5) is 0 Å². The number of carbonyl (C=O) groups is 1. The van der Waals surface area contributed by atoms with Gasteiger partial charge in [0.25, 0.3) is 0 Å². The number of hydrogen-bond acceptors (Lipinski definition) is 5. The predicted octanol–water partition coefficient (Wildman–Crippen LogP) is 3.20. The molecule has 1 fully saturated rings. The zero-order valence-corrected chi connectivity index (χ0v) is 15.8. The first kappa shape index (κ1) is 19.1. The van der Waals surface area contributed by atoms with Crippen molar-refractivity contribution in [3.8, 4) is 11.8 Å². The molecule has 0 aromatic heterocycles. The molecule has 7 heteroatoms. The summed E-state index contributed by atoms with van der Waals surface area (Å²) in [7, 11) is -3.55. The maximum absolute atomic E-state index is 12.7. The van der Waals surface area contributed by atoms with E-state index >= 15 is 0 Å². The van der Waals surface area contributed by atoms with Crippen molar-refractivity contribution in [2.75, 3.05) is 13.1 Å². The molecule has 1 aliphatic heterocycles. The second-order valence-electron chi connectivity index (χ2n) is 6.66. The second kappa shape index (κ2) is 7.91. The molecule has 0 bridgehead atoms. The fourth-order valence-corrected chi connectivity index (χ4v) is 4.64. The van der Waals surface area contributed by atoms with Crippen molar-refractivity contribution >= 4 is 16.0 Å². The predicted molar refractivity (Wildman–Crippen MR) is 99.7 cm³/mol. The normalized spacial score (nSPS) is 17.9. The summed E-state index contributed by atoms with van der Waals surface area (Å²) in [6.07, 6.45) is 1.89. The monoisotopic (exact) mass is 384 g/mol. The average Bonchev–Trinajstić information content (AvgIpc) is 2.68. The van der Waals surface area contributed by atoms with Gasteiger partial charge in [0, 0.05) is 13.1 Å². The van der Waals surface area contributed by atoms with Gasteiger partial charge < -0.3 is 4.74 Å². The van der Waals surface area contributed by atoms with E-state index in [4.69, 9.17) is 10.00 Å². The van der Waals surface area contributed by atoms with E-state index in [-0.39, 0.29) is 10.5 Å². The van der Waals surface area contributed by atoms with E-state index in [0.29, 0.717) is 30.3 Å². The van der Waals surface area contributed by atoms with Crippen LogP contribution in [-0.2, 0) is 10.0 Å². The van der Waals surface area contributed by atoms with Crippen LogP contribution in [0.1, 0.15) is 35.7 Å². The molecule has 0 amide bonds. The summed E-state index contributed by atoms with van der Waals surface area (Å²) >= 11 is 0. The van der Waals surface area contributed by atoms with Crippen LogP contribution in [0.5, 0.6) is 5.75 Å². The number of nitriles is 1. The Labute approximate surface area is 159 Å². The van der Waals surface area contributed by atoms with E-state index in [1.54, 1.807) is 12.1 Å². The Balaban J connectivity index is 1.72. The van der Waals surface area contributed by atoms with Crippen LogP contribution in [0.2, 0.25) is 0 Å². The third-order valence-corrected chi connectivity index (χ3v) is 6.42. The quantitative estimate of drug-likeness (QED) is 0.597. The number of ether oxygens (including phenoxy) is 1. The van der Waals surface area contributed by atoms with Gasteiger partial charge in [0.05, 0.1) is 22.1 Å².